The molecule has 10 heteroatoms. The van der Waals surface area contributed by atoms with Crippen molar-refractivity contribution in [3.8, 4) is 6.07 Å². The number of methoxy groups -OCH3 is 1. The van der Waals surface area contributed by atoms with Gasteiger partial charge < -0.3 is 15.4 Å². The third-order valence-electron chi connectivity index (χ3n) is 5.11. The Morgan fingerprint density at radius 2 is 1.88 bits per heavy atom. The number of rotatable bonds is 6. The van der Waals surface area contributed by atoms with Gasteiger partial charge in [-0.15, -0.1) is 0 Å². The molecule has 33 heavy (non-hydrogen) atoms. The van der Waals surface area contributed by atoms with Crippen LogP contribution in [0.4, 0.5) is 5.69 Å². The smallest absolute Gasteiger partial charge is 0.319 e. The van der Waals surface area contributed by atoms with E-state index in [2.05, 4.69) is 16.7 Å². The second-order valence-corrected chi connectivity index (χ2v) is 8.89. The summed E-state index contributed by atoms with van der Waals surface area (Å²) in [5.74, 6) is -4.12. The summed E-state index contributed by atoms with van der Waals surface area (Å²) in [5.41, 5.74) is 1.85. The molecule has 0 aliphatic carbocycles. The van der Waals surface area contributed by atoms with Gasteiger partial charge in [0.25, 0.3) is 0 Å². The van der Waals surface area contributed by atoms with Gasteiger partial charge in [-0.2, -0.15) is 5.26 Å². The van der Waals surface area contributed by atoms with Crippen molar-refractivity contribution in [2.45, 2.75) is 12.8 Å². The number of allylic oxidation sites excluding steroid dienone is 1. The van der Waals surface area contributed by atoms with E-state index >= 15 is 0 Å². The molecule has 1 aliphatic rings. The number of hydrogen-bond donors (Lipinski definition) is 2. The Balaban J connectivity index is 1.91. The van der Waals surface area contributed by atoms with E-state index in [1.807, 2.05) is 0 Å². The average molecular weight is 504 g/mol. The fourth-order valence-corrected chi connectivity index (χ4v) is 4.73. The summed E-state index contributed by atoms with van der Waals surface area (Å²) in [6.45, 7) is 1.78. The van der Waals surface area contributed by atoms with Gasteiger partial charge in [0.05, 0.1) is 29.5 Å². The van der Waals surface area contributed by atoms with Crippen molar-refractivity contribution in [1.29, 1.82) is 5.26 Å². The van der Waals surface area contributed by atoms with Crippen molar-refractivity contribution in [3.63, 3.8) is 0 Å². The highest BCUT2D eigenvalue weighted by Gasteiger charge is 2.45. The zero-order valence-electron chi connectivity index (χ0n) is 17.6. The van der Waals surface area contributed by atoms with Crippen LogP contribution in [0.25, 0.3) is 0 Å². The molecule has 2 atom stereocenters. The van der Waals surface area contributed by atoms with Crippen molar-refractivity contribution in [2.24, 2.45) is 5.92 Å². The van der Waals surface area contributed by atoms with E-state index in [1.54, 1.807) is 49.4 Å². The number of halogens is 2. The Kier molecular flexibility index (Phi) is 8.03. The topological polar surface area (TPSA) is 108 Å². The van der Waals surface area contributed by atoms with E-state index in [1.165, 1.54) is 7.11 Å². The summed E-state index contributed by atoms with van der Waals surface area (Å²) in [5, 5.41) is 16.3. The number of nitrogens with zero attached hydrogens (tertiary/aromatic N) is 1. The molecule has 2 aromatic carbocycles. The SMILES string of the molecule is COC(=O)[C@H]1C(=O)NC(SCC(=O)Nc2cccc(Cl)c2C)=C(C#N)[C@@H]1c1ccccc1Cl. The molecule has 7 nitrogen and oxygen atoms in total. The van der Waals surface area contributed by atoms with Crippen LogP contribution in [0.3, 0.4) is 0 Å². The van der Waals surface area contributed by atoms with E-state index in [-0.39, 0.29) is 22.3 Å². The maximum Gasteiger partial charge on any atom is 0.319 e. The first-order chi connectivity index (χ1) is 15.8. The number of esters is 1. The zero-order valence-corrected chi connectivity index (χ0v) is 20.0. The molecule has 1 heterocycles. The standard InChI is InChI=1S/C23H19Cl2N3O4S/c1-12-15(24)8-5-9-17(12)27-18(29)11-33-22-14(10-26)19(13-6-3-4-7-16(13)25)20(21(30)28-22)23(31)32-2/h3-9,19-20H,11H2,1-2H3,(H,27,29)(H,28,30)/t19-,20+/m0/s1. The lowest BCUT2D eigenvalue weighted by Gasteiger charge is -2.31. The van der Waals surface area contributed by atoms with Gasteiger partial charge in [0.1, 0.15) is 5.92 Å². The number of ether oxygens (including phenoxy) is 1. The molecule has 0 unspecified atom stereocenters. The van der Waals surface area contributed by atoms with Crippen LogP contribution in [-0.4, -0.2) is 30.6 Å². The molecule has 1 aliphatic heterocycles. The van der Waals surface area contributed by atoms with Gasteiger partial charge in [0.15, 0.2) is 0 Å². The van der Waals surface area contributed by atoms with Crippen LogP contribution in [0.1, 0.15) is 17.0 Å². The maximum absolute atomic E-state index is 12.9. The Morgan fingerprint density at radius 1 is 1.18 bits per heavy atom. The largest absolute Gasteiger partial charge is 0.468 e. The quantitative estimate of drug-likeness (QED) is 0.446. The van der Waals surface area contributed by atoms with Crippen molar-refractivity contribution in [2.75, 3.05) is 18.2 Å². The Morgan fingerprint density at radius 3 is 2.55 bits per heavy atom. The number of nitriles is 1. The number of amides is 2. The van der Waals surface area contributed by atoms with Gasteiger partial charge in [-0.05, 0) is 36.2 Å². The molecule has 0 spiro atoms. The molecule has 0 bridgehead atoms. The van der Waals surface area contributed by atoms with Gasteiger partial charge in [-0.3, -0.25) is 14.4 Å². The van der Waals surface area contributed by atoms with Crippen molar-refractivity contribution >= 4 is 58.4 Å². The van der Waals surface area contributed by atoms with Gasteiger partial charge in [-0.25, -0.2) is 0 Å². The fourth-order valence-electron chi connectivity index (χ4n) is 3.45. The number of thioether (sulfide) groups is 1. The lowest BCUT2D eigenvalue weighted by molar-refractivity contribution is -0.150. The van der Waals surface area contributed by atoms with E-state index in [0.29, 0.717) is 21.3 Å². The third kappa shape index (κ3) is 5.33. The van der Waals surface area contributed by atoms with E-state index in [9.17, 15) is 19.6 Å². The number of carbonyl (C=O) groups excluding carboxylic acids is 3. The van der Waals surface area contributed by atoms with Gasteiger partial charge in [0, 0.05) is 21.7 Å². The average Bonchev–Trinajstić information content (AvgIpc) is 2.80. The summed E-state index contributed by atoms with van der Waals surface area (Å²) in [6, 6.07) is 13.9. The van der Waals surface area contributed by atoms with Crippen LogP contribution in [0.2, 0.25) is 10.0 Å². The normalized spacial score (nSPS) is 17.7. The molecule has 3 rings (SSSR count). The highest BCUT2D eigenvalue weighted by molar-refractivity contribution is 8.03. The van der Waals surface area contributed by atoms with Crippen LogP contribution in [0, 0.1) is 24.2 Å². The monoisotopic (exact) mass is 503 g/mol. The van der Waals surface area contributed by atoms with Crippen LogP contribution in [-0.2, 0) is 19.1 Å². The van der Waals surface area contributed by atoms with Crippen LogP contribution in [0.15, 0.2) is 53.1 Å². The first-order valence-electron chi connectivity index (χ1n) is 9.73. The second-order valence-electron chi connectivity index (χ2n) is 7.09. The van der Waals surface area contributed by atoms with Crippen LogP contribution >= 0.6 is 35.0 Å². The minimum Gasteiger partial charge on any atom is -0.468 e. The molecular weight excluding hydrogens is 485 g/mol. The van der Waals surface area contributed by atoms with Crippen molar-refractivity contribution in [3.05, 3.63) is 74.2 Å². The molecule has 2 N–H and O–H groups in total. The summed E-state index contributed by atoms with van der Waals surface area (Å²) in [7, 11) is 1.17. The highest BCUT2D eigenvalue weighted by Crippen LogP contribution is 2.42. The summed E-state index contributed by atoms with van der Waals surface area (Å²) < 4.78 is 4.81. The minimum atomic E-state index is -1.29. The third-order valence-corrected chi connectivity index (χ3v) is 6.88. The highest BCUT2D eigenvalue weighted by atomic mass is 35.5. The van der Waals surface area contributed by atoms with Crippen LogP contribution in [0.5, 0.6) is 0 Å². The van der Waals surface area contributed by atoms with Gasteiger partial charge in [0.2, 0.25) is 11.8 Å². The molecule has 0 radical (unpaired) electrons. The Bertz CT molecular complexity index is 1190. The number of nitrogens with one attached hydrogen (secondary N) is 2. The number of benzene rings is 2. The molecule has 0 saturated carbocycles. The Hall–Kier alpha value is -2.99. The van der Waals surface area contributed by atoms with E-state index in [0.717, 1.165) is 17.3 Å². The fraction of sp³-hybridized carbons (Fsp3) is 0.217. The van der Waals surface area contributed by atoms with Gasteiger partial charge >= 0.3 is 5.97 Å². The molecular formula is C23H19Cl2N3O4S. The van der Waals surface area contributed by atoms with Gasteiger partial charge in [-0.1, -0.05) is 59.2 Å². The van der Waals surface area contributed by atoms with Crippen molar-refractivity contribution < 1.29 is 19.1 Å². The minimum absolute atomic E-state index is 0.0924. The lowest BCUT2D eigenvalue weighted by Crippen LogP contribution is -2.44. The number of hydrogen-bond acceptors (Lipinski definition) is 6. The molecule has 170 valence electrons. The molecule has 2 aromatic rings. The summed E-state index contributed by atoms with van der Waals surface area (Å²) in [4.78, 5) is 37.8. The summed E-state index contributed by atoms with van der Waals surface area (Å²) in [6.07, 6.45) is 0. The number of carbonyl (C=O) groups is 3. The molecule has 2 amide bonds. The van der Waals surface area contributed by atoms with Crippen molar-refractivity contribution in [1.82, 2.24) is 5.32 Å². The van der Waals surface area contributed by atoms with E-state index < -0.39 is 23.7 Å². The second kappa shape index (κ2) is 10.8. The molecule has 0 aromatic heterocycles. The first-order valence-corrected chi connectivity index (χ1v) is 11.5. The Labute approximate surface area is 205 Å². The predicted molar refractivity (Wildman–Crippen MR) is 128 cm³/mol. The first kappa shape index (κ1) is 24.6. The zero-order chi connectivity index (χ0) is 24.1. The predicted octanol–water partition coefficient (Wildman–Crippen LogP) is 4.41. The number of anilines is 1. The molecule has 0 saturated heterocycles. The van der Waals surface area contributed by atoms with E-state index in [4.69, 9.17) is 27.9 Å². The summed E-state index contributed by atoms with van der Waals surface area (Å²) >= 11 is 13.4. The maximum atomic E-state index is 12.9. The van der Waals surface area contributed by atoms with Crippen LogP contribution < -0.4 is 10.6 Å². The lowest BCUT2D eigenvalue weighted by atomic mass is 9.78. The molecule has 0 fully saturated rings.